The summed E-state index contributed by atoms with van der Waals surface area (Å²) in [6, 6.07) is 10.8. The number of piperidine rings is 1. The SMILES string of the molecule is O=C(c1cn(C2CCNCC2)nn1)N1CCC(c2ccccc2)C1. The number of benzene rings is 1. The first kappa shape index (κ1) is 15.3. The third-order valence-corrected chi connectivity index (χ3v) is 5.16. The van der Waals surface area contributed by atoms with Crippen LogP contribution in [0.4, 0.5) is 0 Å². The number of nitrogens with one attached hydrogen (secondary N) is 1. The Bertz CT molecular complexity index is 692. The summed E-state index contributed by atoms with van der Waals surface area (Å²) < 4.78 is 1.87. The van der Waals surface area contributed by atoms with Crippen molar-refractivity contribution >= 4 is 5.91 Å². The molecule has 2 saturated heterocycles. The average molecular weight is 325 g/mol. The summed E-state index contributed by atoms with van der Waals surface area (Å²) in [5.41, 5.74) is 1.79. The molecule has 3 heterocycles. The van der Waals surface area contributed by atoms with Crippen LogP contribution in [0.2, 0.25) is 0 Å². The lowest BCUT2D eigenvalue weighted by atomic mass is 9.99. The minimum Gasteiger partial charge on any atom is -0.337 e. The van der Waals surface area contributed by atoms with Gasteiger partial charge in [0.05, 0.1) is 12.2 Å². The maximum absolute atomic E-state index is 12.7. The van der Waals surface area contributed by atoms with E-state index in [1.54, 1.807) is 0 Å². The van der Waals surface area contributed by atoms with Gasteiger partial charge in [-0.25, -0.2) is 4.68 Å². The van der Waals surface area contributed by atoms with Crippen molar-refractivity contribution in [3.05, 3.63) is 47.8 Å². The highest BCUT2D eigenvalue weighted by Gasteiger charge is 2.29. The number of aromatic nitrogens is 3. The minimum absolute atomic E-state index is 0.00798. The molecule has 1 amide bonds. The second-order valence-corrected chi connectivity index (χ2v) is 6.71. The van der Waals surface area contributed by atoms with E-state index in [9.17, 15) is 4.79 Å². The molecule has 1 aromatic carbocycles. The Balaban J connectivity index is 1.42. The molecule has 2 aliphatic heterocycles. The fraction of sp³-hybridized carbons (Fsp3) is 0.500. The van der Waals surface area contributed by atoms with E-state index in [0.29, 0.717) is 17.7 Å². The van der Waals surface area contributed by atoms with Gasteiger partial charge in [-0.2, -0.15) is 0 Å². The second kappa shape index (κ2) is 6.73. The van der Waals surface area contributed by atoms with Crippen LogP contribution in [0.5, 0.6) is 0 Å². The molecular weight excluding hydrogens is 302 g/mol. The molecule has 2 aromatic rings. The fourth-order valence-corrected chi connectivity index (χ4v) is 3.73. The molecule has 24 heavy (non-hydrogen) atoms. The van der Waals surface area contributed by atoms with Gasteiger partial charge in [-0.05, 0) is 37.9 Å². The maximum Gasteiger partial charge on any atom is 0.276 e. The lowest BCUT2D eigenvalue weighted by molar-refractivity contribution is 0.0785. The van der Waals surface area contributed by atoms with Gasteiger partial charge in [0.2, 0.25) is 0 Å². The van der Waals surface area contributed by atoms with Gasteiger partial charge in [0.25, 0.3) is 5.91 Å². The predicted octanol–water partition coefficient (Wildman–Crippen LogP) is 1.83. The highest BCUT2D eigenvalue weighted by Crippen LogP contribution is 2.28. The smallest absolute Gasteiger partial charge is 0.276 e. The normalized spacial score (nSPS) is 22.0. The number of carbonyl (C=O) groups excluding carboxylic acids is 1. The van der Waals surface area contributed by atoms with Crippen molar-refractivity contribution in [3.8, 4) is 0 Å². The van der Waals surface area contributed by atoms with E-state index < -0.39 is 0 Å². The molecule has 0 aliphatic carbocycles. The molecule has 126 valence electrons. The quantitative estimate of drug-likeness (QED) is 0.935. The van der Waals surface area contributed by atoms with Crippen molar-refractivity contribution in [2.24, 2.45) is 0 Å². The number of rotatable bonds is 3. The Morgan fingerprint density at radius 1 is 1.12 bits per heavy atom. The highest BCUT2D eigenvalue weighted by atomic mass is 16.2. The van der Waals surface area contributed by atoms with Gasteiger partial charge in [0, 0.05) is 19.0 Å². The summed E-state index contributed by atoms with van der Waals surface area (Å²) in [5.74, 6) is 0.434. The molecule has 1 atom stereocenters. The monoisotopic (exact) mass is 325 g/mol. The fourth-order valence-electron chi connectivity index (χ4n) is 3.73. The zero-order chi connectivity index (χ0) is 16.4. The van der Waals surface area contributed by atoms with Crippen LogP contribution in [0, 0.1) is 0 Å². The Labute approximate surface area is 141 Å². The largest absolute Gasteiger partial charge is 0.337 e. The lowest BCUT2D eigenvalue weighted by Gasteiger charge is -2.22. The van der Waals surface area contributed by atoms with Gasteiger partial charge in [0.15, 0.2) is 5.69 Å². The van der Waals surface area contributed by atoms with Crippen molar-refractivity contribution < 1.29 is 4.79 Å². The molecule has 1 N–H and O–H groups in total. The van der Waals surface area contributed by atoms with Crippen LogP contribution < -0.4 is 5.32 Å². The molecule has 0 bridgehead atoms. The van der Waals surface area contributed by atoms with Crippen LogP contribution in [0.1, 0.15) is 47.3 Å². The Morgan fingerprint density at radius 3 is 2.71 bits per heavy atom. The first-order valence-corrected chi connectivity index (χ1v) is 8.78. The van der Waals surface area contributed by atoms with Crippen LogP contribution in [-0.2, 0) is 0 Å². The van der Waals surface area contributed by atoms with Gasteiger partial charge in [-0.3, -0.25) is 4.79 Å². The van der Waals surface area contributed by atoms with Crippen LogP contribution in [-0.4, -0.2) is 52.0 Å². The minimum atomic E-state index is 0.00798. The van der Waals surface area contributed by atoms with Crippen molar-refractivity contribution in [2.45, 2.75) is 31.2 Å². The third kappa shape index (κ3) is 3.06. The molecule has 6 nitrogen and oxygen atoms in total. The van der Waals surface area contributed by atoms with Crippen LogP contribution >= 0.6 is 0 Å². The molecule has 4 rings (SSSR count). The first-order chi connectivity index (χ1) is 11.8. The van der Waals surface area contributed by atoms with Crippen molar-refractivity contribution in [1.82, 2.24) is 25.2 Å². The number of hydrogen-bond acceptors (Lipinski definition) is 4. The molecule has 6 heteroatoms. The summed E-state index contributed by atoms with van der Waals surface area (Å²) in [5, 5.41) is 11.7. The van der Waals surface area contributed by atoms with E-state index in [-0.39, 0.29) is 5.91 Å². The van der Waals surface area contributed by atoms with Gasteiger partial charge in [-0.1, -0.05) is 35.5 Å². The summed E-state index contributed by atoms with van der Waals surface area (Å²) >= 11 is 0. The second-order valence-electron chi connectivity index (χ2n) is 6.71. The predicted molar refractivity (Wildman–Crippen MR) is 90.9 cm³/mol. The van der Waals surface area contributed by atoms with Gasteiger partial charge >= 0.3 is 0 Å². The summed E-state index contributed by atoms with van der Waals surface area (Å²) in [7, 11) is 0. The van der Waals surface area contributed by atoms with E-state index >= 15 is 0 Å². The first-order valence-electron chi connectivity index (χ1n) is 8.78. The molecular formula is C18H23N5O. The number of amides is 1. The Hall–Kier alpha value is -2.21. The highest BCUT2D eigenvalue weighted by molar-refractivity contribution is 5.92. The van der Waals surface area contributed by atoms with E-state index in [4.69, 9.17) is 0 Å². The average Bonchev–Trinajstić information content (AvgIpc) is 3.33. The molecule has 0 spiro atoms. The molecule has 1 unspecified atom stereocenters. The third-order valence-electron chi connectivity index (χ3n) is 5.16. The van der Waals surface area contributed by atoms with Crippen LogP contribution in [0.3, 0.4) is 0 Å². The molecule has 1 aromatic heterocycles. The van der Waals surface area contributed by atoms with Gasteiger partial charge in [0.1, 0.15) is 0 Å². The van der Waals surface area contributed by atoms with Crippen molar-refractivity contribution in [3.63, 3.8) is 0 Å². The number of likely N-dealkylation sites (tertiary alicyclic amines) is 1. The van der Waals surface area contributed by atoms with E-state index in [1.165, 1.54) is 5.56 Å². The Morgan fingerprint density at radius 2 is 1.92 bits per heavy atom. The van der Waals surface area contributed by atoms with Gasteiger partial charge in [-0.15, -0.1) is 5.10 Å². The van der Waals surface area contributed by atoms with E-state index in [0.717, 1.165) is 45.4 Å². The Kier molecular flexibility index (Phi) is 4.30. The molecule has 0 radical (unpaired) electrons. The number of hydrogen-bond donors (Lipinski definition) is 1. The van der Waals surface area contributed by atoms with Gasteiger partial charge < -0.3 is 10.2 Å². The summed E-state index contributed by atoms with van der Waals surface area (Å²) in [4.78, 5) is 14.6. The van der Waals surface area contributed by atoms with Crippen molar-refractivity contribution in [2.75, 3.05) is 26.2 Å². The number of carbonyl (C=O) groups is 1. The van der Waals surface area contributed by atoms with Crippen LogP contribution in [0.15, 0.2) is 36.5 Å². The zero-order valence-corrected chi connectivity index (χ0v) is 13.8. The van der Waals surface area contributed by atoms with E-state index in [1.807, 2.05) is 21.8 Å². The zero-order valence-electron chi connectivity index (χ0n) is 13.8. The summed E-state index contributed by atoms with van der Waals surface area (Å²) in [6.45, 7) is 3.55. The topological polar surface area (TPSA) is 63.1 Å². The van der Waals surface area contributed by atoms with Crippen molar-refractivity contribution in [1.29, 1.82) is 0 Å². The van der Waals surface area contributed by atoms with Crippen LogP contribution in [0.25, 0.3) is 0 Å². The molecule has 0 saturated carbocycles. The number of nitrogens with zero attached hydrogens (tertiary/aromatic N) is 4. The lowest BCUT2D eigenvalue weighted by Crippen LogP contribution is -2.30. The van der Waals surface area contributed by atoms with E-state index in [2.05, 4.69) is 39.9 Å². The standard InChI is InChI=1S/C18H23N5O/c24-18(17-13-23(21-20-17)16-6-9-19-10-7-16)22-11-8-15(12-22)14-4-2-1-3-5-14/h1-5,13,15-16,19H,6-12H2. The molecule has 2 aliphatic rings. The molecule has 2 fully saturated rings. The summed E-state index contributed by atoms with van der Waals surface area (Å²) in [6.07, 6.45) is 4.92. The maximum atomic E-state index is 12.7.